The summed E-state index contributed by atoms with van der Waals surface area (Å²) in [4.78, 5) is 12.4. The van der Waals surface area contributed by atoms with Crippen molar-refractivity contribution in [3.63, 3.8) is 0 Å². The maximum atomic E-state index is 6.35. The van der Waals surface area contributed by atoms with E-state index in [-0.39, 0.29) is 0 Å². The highest BCUT2D eigenvalue weighted by atomic mass is 35.5. The van der Waals surface area contributed by atoms with Gasteiger partial charge in [-0.1, -0.05) is 0 Å². The maximum absolute atomic E-state index is 6.35. The van der Waals surface area contributed by atoms with E-state index in [1.807, 2.05) is 0 Å². The zero-order valence-electron chi connectivity index (χ0n) is 20.5. The van der Waals surface area contributed by atoms with Gasteiger partial charge in [0.1, 0.15) is 5.82 Å². The topological polar surface area (TPSA) is 65.9 Å². The highest BCUT2D eigenvalue weighted by Crippen LogP contribution is 2.43. The van der Waals surface area contributed by atoms with E-state index in [0.29, 0.717) is 29.3 Å². The number of nitrogens with zero attached hydrogens (tertiary/aromatic N) is 5. The Bertz CT molecular complexity index is 893. The normalized spacial score (nSPS) is 34.1. The first-order chi connectivity index (χ1) is 16.6. The minimum atomic E-state index is 0.328. The summed E-state index contributed by atoms with van der Waals surface area (Å²) < 4.78 is 5.59. The molecular weight excluding hydrogens is 448 g/mol. The van der Waals surface area contributed by atoms with Gasteiger partial charge >= 0.3 is 0 Å². The van der Waals surface area contributed by atoms with Crippen LogP contribution in [0, 0.1) is 11.8 Å². The van der Waals surface area contributed by atoms with Crippen molar-refractivity contribution in [1.29, 1.82) is 0 Å². The average molecular weight is 487 g/mol. The van der Waals surface area contributed by atoms with E-state index in [4.69, 9.17) is 31.4 Å². The second-order valence-corrected chi connectivity index (χ2v) is 11.8. The Morgan fingerprint density at radius 1 is 1.03 bits per heavy atom. The highest BCUT2D eigenvalue weighted by Gasteiger charge is 2.42. The van der Waals surface area contributed by atoms with Crippen LogP contribution < -0.4 is 10.2 Å². The van der Waals surface area contributed by atoms with Crippen molar-refractivity contribution in [1.82, 2.24) is 15.0 Å². The van der Waals surface area contributed by atoms with Crippen molar-refractivity contribution in [2.24, 2.45) is 16.9 Å². The Balaban J connectivity index is 1.23. The van der Waals surface area contributed by atoms with Crippen LogP contribution in [0.2, 0.25) is 0 Å². The molecule has 5 aliphatic rings. The van der Waals surface area contributed by atoms with Crippen LogP contribution in [-0.4, -0.2) is 71.0 Å². The fourth-order valence-electron chi connectivity index (χ4n) is 6.37. The zero-order chi connectivity index (χ0) is 23.1. The van der Waals surface area contributed by atoms with Gasteiger partial charge < -0.3 is 15.0 Å². The quantitative estimate of drug-likeness (QED) is 0.591. The zero-order valence-corrected chi connectivity index (χ0v) is 21.2. The molecule has 3 saturated carbocycles. The third-order valence-electron chi connectivity index (χ3n) is 8.62. The number of hydrazone groups is 1. The third kappa shape index (κ3) is 5.01. The molecule has 34 heavy (non-hydrogen) atoms. The first-order valence-electron chi connectivity index (χ1n) is 13.6. The van der Waals surface area contributed by atoms with Gasteiger partial charge in [0.2, 0.25) is 5.95 Å². The van der Waals surface area contributed by atoms with Crippen LogP contribution in [-0.2, 0) is 4.74 Å². The number of hydrogen-bond donors (Lipinski definition) is 1. The predicted octanol–water partition coefficient (Wildman–Crippen LogP) is 4.63. The summed E-state index contributed by atoms with van der Waals surface area (Å²) in [5, 5.41) is 11.5. The van der Waals surface area contributed by atoms with E-state index >= 15 is 0 Å². The lowest BCUT2D eigenvalue weighted by Gasteiger charge is -2.36. The smallest absolute Gasteiger partial charge is 0.227 e. The molecule has 0 amide bonds. The molecule has 3 heterocycles. The van der Waals surface area contributed by atoms with E-state index in [0.717, 1.165) is 82.6 Å². The summed E-state index contributed by atoms with van der Waals surface area (Å²) in [6, 6.07) is 3.23. The summed E-state index contributed by atoms with van der Waals surface area (Å²) in [5.41, 5.74) is 2.55. The SMILES string of the molecule is CC1=NN(CC2CC2)C2CC(c3cc(NC4CCC(Cl)CC4)nc(N4CCOCC4)n3)CCC12. The van der Waals surface area contributed by atoms with Gasteiger partial charge in [0.15, 0.2) is 0 Å². The van der Waals surface area contributed by atoms with Crippen LogP contribution >= 0.6 is 11.6 Å². The maximum Gasteiger partial charge on any atom is 0.227 e. The first kappa shape index (κ1) is 22.8. The number of fused-ring (bicyclic) bond motifs is 1. The molecule has 4 fully saturated rings. The number of nitrogens with one attached hydrogen (secondary N) is 1. The summed E-state index contributed by atoms with van der Waals surface area (Å²) in [5.74, 6) is 3.80. The molecule has 3 aliphatic carbocycles. The summed E-state index contributed by atoms with van der Waals surface area (Å²) in [6.07, 6.45) is 10.7. The van der Waals surface area contributed by atoms with Crippen molar-refractivity contribution in [3.8, 4) is 0 Å². The van der Waals surface area contributed by atoms with Gasteiger partial charge in [-0.3, -0.25) is 5.01 Å². The number of morpholine rings is 1. The molecule has 1 N–H and O–H groups in total. The fourth-order valence-corrected chi connectivity index (χ4v) is 6.62. The predicted molar refractivity (Wildman–Crippen MR) is 137 cm³/mol. The molecule has 6 rings (SSSR count). The fraction of sp³-hybridized carbons (Fsp3) is 0.808. The van der Waals surface area contributed by atoms with Gasteiger partial charge in [-0.05, 0) is 70.6 Å². The van der Waals surface area contributed by atoms with E-state index in [9.17, 15) is 0 Å². The second-order valence-electron chi connectivity index (χ2n) is 11.2. The second kappa shape index (κ2) is 9.81. The highest BCUT2D eigenvalue weighted by molar-refractivity contribution is 6.20. The molecule has 0 aromatic carbocycles. The molecule has 3 unspecified atom stereocenters. The van der Waals surface area contributed by atoms with Crippen LogP contribution in [0.25, 0.3) is 0 Å². The van der Waals surface area contributed by atoms with Crippen molar-refractivity contribution in [2.45, 2.75) is 88.1 Å². The minimum absolute atomic E-state index is 0.328. The van der Waals surface area contributed by atoms with E-state index in [1.165, 1.54) is 37.1 Å². The molecule has 7 nitrogen and oxygen atoms in total. The summed E-state index contributed by atoms with van der Waals surface area (Å²) in [6.45, 7) is 6.59. The minimum Gasteiger partial charge on any atom is -0.378 e. The molecule has 1 aromatic heterocycles. The first-order valence-corrected chi connectivity index (χ1v) is 14.0. The van der Waals surface area contributed by atoms with Crippen LogP contribution in [0.1, 0.15) is 76.3 Å². The van der Waals surface area contributed by atoms with Crippen LogP contribution in [0.5, 0.6) is 0 Å². The Morgan fingerprint density at radius 3 is 2.59 bits per heavy atom. The summed E-state index contributed by atoms with van der Waals surface area (Å²) in [7, 11) is 0. The van der Waals surface area contributed by atoms with Crippen molar-refractivity contribution >= 4 is 29.1 Å². The standard InChI is InChI=1S/C26H39ClN6O/c1-17-22-9-4-19(14-24(22)33(31-17)16-18-2-3-18)23-15-25(28-21-7-5-20(27)6-8-21)30-26(29-23)32-10-12-34-13-11-32/h15,18-22,24H,2-14,16H2,1H3,(H,28,29,30). The van der Waals surface area contributed by atoms with Crippen molar-refractivity contribution < 1.29 is 4.74 Å². The van der Waals surface area contributed by atoms with Gasteiger partial charge in [0.25, 0.3) is 0 Å². The van der Waals surface area contributed by atoms with Crippen molar-refractivity contribution in [2.75, 3.05) is 43.1 Å². The Labute approximate surface area is 208 Å². The number of halogens is 1. The lowest BCUT2D eigenvalue weighted by Crippen LogP contribution is -2.39. The molecule has 186 valence electrons. The van der Waals surface area contributed by atoms with Crippen LogP contribution in [0.15, 0.2) is 11.2 Å². The number of alkyl halides is 1. The van der Waals surface area contributed by atoms with Crippen LogP contribution in [0.3, 0.4) is 0 Å². The Hall–Kier alpha value is -1.60. The molecule has 8 heteroatoms. The van der Waals surface area contributed by atoms with E-state index in [2.05, 4.69) is 28.2 Å². The number of ether oxygens (including phenoxy) is 1. The molecule has 1 aromatic rings. The molecular formula is C26H39ClN6O. The van der Waals surface area contributed by atoms with Crippen LogP contribution in [0.4, 0.5) is 11.8 Å². The number of anilines is 2. The Morgan fingerprint density at radius 2 is 1.82 bits per heavy atom. The average Bonchev–Trinajstić information content (AvgIpc) is 3.63. The molecule has 0 spiro atoms. The number of rotatable bonds is 6. The monoisotopic (exact) mass is 486 g/mol. The van der Waals surface area contributed by atoms with Gasteiger partial charge in [0.05, 0.1) is 24.9 Å². The Kier molecular flexibility index (Phi) is 6.59. The van der Waals surface area contributed by atoms with Gasteiger partial charge in [0, 0.05) is 54.7 Å². The molecule has 2 aliphatic heterocycles. The lowest BCUT2D eigenvalue weighted by atomic mass is 9.75. The number of hydrogen-bond acceptors (Lipinski definition) is 7. The lowest BCUT2D eigenvalue weighted by molar-refractivity contribution is 0.122. The summed E-state index contributed by atoms with van der Waals surface area (Å²) >= 11 is 6.35. The van der Waals surface area contributed by atoms with Crippen molar-refractivity contribution in [3.05, 3.63) is 11.8 Å². The van der Waals surface area contributed by atoms with Gasteiger partial charge in [-0.15, -0.1) is 11.6 Å². The molecule has 3 atom stereocenters. The molecule has 0 radical (unpaired) electrons. The third-order valence-corrected chi connectivity index (χ3v) is 9.06. The molecule has 0 bridgehead atoms. The van der Waals surface area contributed by atoms with E-state index < -0.39 is 0 Å². The number of aromatic nitrogens is 2. The van der Waals surface area contributed by atoms with Gasteiger partial charge in [-0.25, -0.2) is 4.98 Å². The van der Waals surface area contributed by atoms with Gasteiger partial charge in [-0.2, -0.15) is 10.1 Å². The van der Waals surface area contributed by atoms with E-state index in [1.54, 1.807) is 0 Å². The largest absolute Gasteiger partial charge is 0.378 e. The molecule has 1 saturated heterocycles.